The van der Waals surface area contributed by atoms with Gasteiger partial charge in [0.25, 0.3) is 5.91 Å². The second kappa shape index (κ2) is 25.5. The van der Waals surface area contributed by atoms with Crippen molar-refractivity contribution in [3.8, 4) is 0 Å². The predicted molar refractivity (Wildman–Crippen MR) is 275 cm³/mol. The minimum atomic E-state index is -2.22. The van der Waals surface area contributed by atoms with Crippen LogP contribution in [0.5, 0.6) is 0 Å². The van der Waals surface area contributed by atoms with Crippen LogP contribution in [0, 0.1) is 0 Å². The molecule has 74 heavy (non-hydrogen) atoms. The first-order chi connectivity index (χ1) is 36.2. The molecule has 1 amide bonds. The fraction of sp³-hybridized carbons (Fsp3) is 0.115. The molecule has 0 radical (unpaired) electrons. The number of carbonyl (C=O) groups is 6. The van der Waals surface area contributed by atoms with Crippen LogP contribution in [-0.4, -0.2) is 71.8 Å². The van der Waals surface area contributed by atoms with Crippen LogP contribution >= 0.6 is 0 Å². The Hall–Kier alpha value is -9.62. The lowest BCUT2D eigenvalue weighted by molar-refractivity contribution is -0.163. The van der Waals surface area contributed by atoms with Crippen LogP contribution in [0.25, 0.3) is 0 Å². The van der Waals surface area contributed by atoms with Gasteiger partial charge in [-0.3, -0.25) is 9.80 Å². The van der Waals surface area contributed by atoms with Crippen LogP contribution in [0.4, 0.5) is 5.69 Å². The van der Waals surface area contributed by atoms with Gasteiger partial charge in [-0.2, -0.15) is 0 Å². The number of carbonyl (C=O) groups excluding carboxylic acids is 6. The number of anilines is 1. The Morgan fingerprint density at radius 1 is 0.338 bits per heavy atom. The van der Waals surface area contributed by atoms with Crippen molar-refractivity contribution in [1.29, 1.82) is 0 Å². The van der Waals surface area contributed by atoms with Crippen molar-refractivity contribution in [3.05, 3.63) is 282 Å². The lowest BCUT2D eigenvalue weighted by Crippen LogP contribution is -2.60. The van der Waals surface area contributed by atoms with Gasteiger partial charge in [0.05, 0.1) is 46.6 Å². The first kappa shape index (κ1) is 50.8. The highest BCUT2D eigenvalue weighted by molar-refractivity contribution is 5.95. The van der Waals surface area contributed by atoms with E-state index in [4.69, 9.17) is 23.7 Å². The maximum absolute atomic E-state index is 16.4. The minimum Gasteiger partial charge on any atom is -0.458 e. The Kier molecular flexibility index (Phi) is 17.5. The molecule has 13 nitrogen and oxygen atoms in total. The van der Waals surface area contributed by atoms with Gasteiger partial charge in [-0.15, -0.1) is 0 Å². The zero-order valence-electron chi connectivity index (χ0n) is 39.9. The molecule has 0 bridgehead atoms. The summed E-state index contributed by atoms with van der Waals surface area (Å²) in [6, 6.07) is 66.7. The third kappa shape index (κ3) is 13.6. The van der Waals surface area contributed by atoms with Crippen LogP contribution in [-0.2, 0) is 41.6 Å². The van der Waals surface area contributed by atoms with Gasteiger partial charge in [-0.05, 0) is 83.9 Å². The highest BCUT2D eigenvalue weighted by atomic mass is 16.6. The molecule has 13 heteroatoms. The van der Waals surface area contributed by atoms with Gasteiger partial charge < -0.3 is 23.7 Å². The third-order valence-corrected chi connectivity index (χ3v) is 11.6. The molecule has 8 aromatic carbocycles. The van der Waals surface area contributed by atoms with E-state index in [1.165, 1.54) is 65.7 Å². The van der Waals surface area contributed by atoms with Crippen molar-refractivity contribution in [2.75, 3.05) is 11.6 Å². The normalized spacial score (nSPS) is 12.3. The lowest BCUT2D eigenvalue weighted by Gasteiger charge is -2.41. The highest BCUT2D eigenvalue weighted by Gasteiger charge is 2.50. The standard InChI is InChI=1S/C61H50N2O11/c64-56(63(42-45-27-11-2-12-28-45)62(51-39-23-8-24-40-51)41-44-25-9-1-10-26-44)55(74-61(69)50-37-21-7-22-38-50)54(73-60(68)49-35-19-6-20-36-49)53(72-59(67)48-33-17-5-18-34-48)52(71-58(66)47-31-15-4-16-32-47)43-70-57(65)46-29-13-3-14-30-46/h1-40,52-55H,41-43H2/t52-,53+,54+,55-/m1/s1. The molecular weight excluding hydrogens is 937 g/mol. The molecule has 0 aromatic heterocycles. The van der Waals surface area contributed by atoms with Gasteiger partial charge in [0.1, 0.15) is 6.61 Å². The summed E-state index contributed by atoms with van der Waals surface area (Å²) in [5, 5.41) is 3.06. The maximum Gasteiger partial charge on any atom is 0.339 e. The second-order valence-electron chi connectivity index (χ2n) is 16.7. The molecule has 8 rings (SSSR count). The number of hydrogen-bond acceptors (Lipinski definition) is 12. The zero-order valence-corrected chi connectivity index (χ0v) is 39.9. The Morgan fingerprint density at radius 2 is 0.662 bits per heavy atom. The number of ether oxygens (including phenoxy) is 5. The molecule has 370 valence electrons. The molecular formula is C61H50N2O11. The number of hydrazine groups is 1. The van der Waals surface area contributed by atoms with Gasteiger partial charge in [0, 0.05) is 0 Å². The van der Waals surface area contributed by atoms with Gasteiger partial charge in [0.2, 0.25) is 6.10 Å². The fourth-order valence-corrected chi connectivity index (χ4v) is 7.85. The van der Waals surface area contributed by atoms with E-state index in [-0.39, 0.29) is 40.9 Å². The average molecular weight is 987 g/mol. The molecule has 4 atom stereocenters. The van der Waals surface area contributed by atoms with E-state index in [1.54, 1.807) is 132 Å². The van der Waals surface area contributed by atoms with E-state index in [0.717, 1.165) is 5.56 Å². The smallest absolute Gasteiger partial charge is 0.339 e. The van der Waals surface area contributed by atoms with Gasteiger partial charge in [-0.25, -0.2) is 29.0 Å². The second-order valence-corrected chi connectivity index (χ2v) is 16.7. The molecule has 0 fully saturated rings. The van der Waals surface area contributed by atoms with Crippen LogP contribution in [0.3, 0.4) is 0 Å². The summed E-state index contributed by atoms with van der Waals surface area (Å²) >= 11 is 0. The van der Waals surface area contributed by atoms with E-state index < -0.39 is 66.8 Å². The van der Waals surface area contributed by atoms with E-state index >= 15 is 4.79 Å². The minimum absolute atomic E-state index is 0.00399. The molecule has 0 aliphatic carbocycles. The van der Waals surface area contributed by atoms with Gasteiger partial charge in [0.15, 0.2) is 18.3 Å². The molecule has 0 unspecified atom stereocenters. The Morgan fingerprint density at radius 3 is 1.08 bits per heavy atom. The van der Waals surface area contributed by atoms with Crippen LogP contribution in [0.1, 0.15) is 62.9 Å². The number of rotatable bonds is 21. The molecule has 8 aromatic rings. The fourth-order valence-electron chi connectivity index (χ4n) is 7.85. The van der Waals surface area contributed by atoms with Crippen LogP contribution < -0.4 is 5.01 Å². The summed E-state index contributed by atoms with van der Waals surface area (Å²) in [6.07, 6.45) is -8.36. The Balaban J connectivity index is 1.35. The van der Waals surface area contributed by atoms with Crippen LogP contribution in [0.2, 0.25) is 0 Å². The summed E-state index contributed by atoms with van der Waals surface area (Å²) in [5.41, 5.74) is 2.18. The van der Waals surface area contributed by atoms with Crippen LogP contribution in [0.15, 0.2) is 243 Å². The average Bonchev–Trinajstić information content (AvgIpc) is 3.47. The molecule has 0 heterocycles. The molecule has 0 saturated heterocycles. The largest absolute Gasteiger partial charge is 0.458 e. The maximum atomic E-state index is 16.4. The quantitative estimate of drug-likeness (QED) is 0.0382. The molecule has 0 aliphatic heterocycles. The number of benzene rings is 8. The summed E-state index contributed by atoms with van der Waals surface area (Å²) in [4.78, 5) is 88.6. The first-order valence-corrected chi connectivity index (χ1v) is 23.7. The van der Waals surface area contributed by atoms with Crippen molar-refractivity contribution < 1.29 is 52.5 Å². The Bertz CT molecular complexity index is 3080. The van der Waals surface area contributed by atoms with E-state index in [1.807, 2.05) is 54.6 Å². The van der Waals surface area contributed by atoms with Crippen molar-refractivity contribution in [1.82, 2.24) is 5.01 Å². The molecule has 0 saturated carbocycles. The predicted octanol–water partition coefficient (Wildman–Crippen LogP) is 10.4. The summed E-state index contributed by atoms with van der Waals surface area (Å²) < 4.78 is 31.2. The summed E-state index contributed by atoms with van der Waals surface area (Å²) in [5.74, 6) is -5.87. The summed E-state index contributed by atoms with van der Waals surface area (Å²) in [6.45, 7) is -0.879. The Labute approximate surface area is 428 Å². The molecule has 0 spiro atoms. The number of para-hydroxylation sites is 1. The van der Waals surface area contributed by atoms with Crippen molar-refractivity contribution >= 4 is 41.4 Å². The summed E-state index contributed by atoms with van der Waals surface area (Å²) in [7, 11) is 0. The number of amides is 1. The first-order valence-electron chi connectivity index (χ1n) is 23.7. The highest BCUT2D eigenvalue weighted by Crippen LogP contribution is 2.29. The zero-order chi connectivity index (χ0) is 51.5. The molecule has 0 aliphatic rings. The number of hydrogen-bond donors (Lipinski definition) is 0. The van der Waals surface area contributed by atoms with E-state index in [9.17, 15) is 24.0 Å². The molecule has 0 N–H and O–H groups in total. The number of nitrogens with zero attached hydrogens (tertiary/aromatic N) is 2. The SMILES string of the molecule is O=C(OC[C@@H](OC(=O)c1ccccc1)[C@H](OC(=O)c1ccccc1)[C@H](OC(=O)c1ccccc1)[C@@H](OC(=O)c1ccccc1)C(=O)N(Cc1ccccc1)N(Cc1ccccc1)c1ccccc1)c1ccccc1. The number of esters is 5. The van der Waals surface area contributed by atoms with Crippen molar-refractivity contribution in [2.24, 2.45) is 0 Å². The van der Waals surface area contributed by atoms with E-state index in [2.05, 4.69) is 0 Å². The monoisotopic (exact) mass is 986 g/mol. The van der Waals surface area contributed by atoms with Crippen molar-refractivity contribution in [2.45, 2.75) is 37.5 Å². The topological polar surface area (TPSA) is 155 Å². The van der Waals surface area contributed by atoms with Gasteiger partial charge in [-0.1, -0.05) is 170 Å². The lowest BCUT2D eigenvalue weighted by atomic mass is 10.00. The third-order valence-electron chi connectivity index (χ3n) is 11.6. The van der Waals surface area contributed by atoms with Crippen molar-refractivity contribution in [3.63, 3.8) is 0 Å². The van der Waals surface area contributed by atoms with E-state index in [0.29, 0.717) is 11.3 Å². The van der Waals surface area contributed by atoms with Gasteiger partial charge >= 0.3 is 29.8 Å².